The van der Waals surface area contributed by atoms with Crippen LogP contribution >= 0.6 is 27.3 Å². The van der Waals surface area contributed by atoms with Gasteiger partial charge in [0, 0.05) is 21.2 Å². The first-order chi connectivity index (χ1) is 9.08. The molecule has 0 saturated heterocycles. The standard InChI is InChI=1S/C13H13BrN2O2S/c1-2-11-6-16-12(19-11)7-15-10-4-8(13(17)18)3-9(14)5-10/h3-6,15H,2,7H2,1H3,(H,17,18). The Morgan fingerprint density at radius 2 is 2.26 bits per heavy atom. The average molecular weight is 341 g/mol. The summed E-state index contributed by atoms with van der Waals surface area (Å²) in [7, 11) is 0. The van der Waals surface area contributed by atoms with Gasteiger partial charge in [-0.25, -0.2) is 9.78 Å². The van der Waals surface area contributed by atoms with E-state index in [2.05, 4.69) is 33.2 Å². The van der Waals surface area contributed by atoms with Gasteiger partial charge < -0.3 is 10.4 Å². The lowest BCUT2D eigenvalue weighted by Crippen LogP contribution is -2.02. The molecule has 1 aromatic carbocycles. The summed E-state index contributed by atoms with van der Waals surface area (Å²) in [5.74, 6) is -0.938. The zero-order valence-electron chi connectivity index (χ0n) is 10.3. The number of carboxylic acids is 1. The molecule has 0 aliphatic rings. The van der Waals surface area contributed by atoms with Crippen molar-refractivity contribution in [2.75, 3.05) is 5.32 Å². The van der Waals surface area contributed by atoms with Crippen LogP contribution < -0.4 is 5.32 Å². The number of hydrogen-bond acceptors (Lipinski definition) is 4. The highest BCUT2D eigenvalue weighted by molar-refractivity contribution is 9.10. The van der Waals surface area contributed by atoms with Crippen LogP contribution in [0.5, 0.6) is 0 Å². The highest BCUT2D eigenvalue weighted by atomic mass is 79.9. The Bertz CT molecular complexity index is 598. The Morgan fingerprint density at radius 1 is 1.47 bits per heavy atom. The lowest BCUT2D eigenvalue weighted by Gasteiger charge is -2.06. The molecule has 0 bridgehead atoms. The number of hydrogen-bond donors (Lipinski definition) is 2. The molecule has 0 fully saturated rings. The van der Waals surface area contributed by atoms with Gasteiger partial charge >= 0.3 is 5.97 Å². The van der Waals surface area contributed by atoms with E-state index in [9.17, 15) is 4.79 Å². The monoisotopic (exact) mass is 340 g/mol. The van der Waals surface area contributed by atoms with Gasteiger partial charge in [-0.2, -0.15) is 0 Å². The summed E-state index contributed by atoms with van der Waals surface area (Å²) >= 11 is 4.97. The second-order valence-electron chi connectivity index (χ2n) is 3.96. The summed E-state index contributed by atoms with van der Waals surface area (Å²) in [4.78, 5) is 16.5. The smallest absolute Gasteiger partial charge is 0.335 e. The van der Waals surface area contributed by atoms with E-state index in [0.29, 0.717) is 6.54 Å². The number of aryl methyl sites for hydroxylation is 1. The Balaban J connectivity index is 2.08. The molecule has 100 valence electrons. The van der Waals surface area contributed by atoms with Crippen LogP contribution in [-0.4, -0.2) is 16.1 Å². The normalized spacial score (nSPS) is 10.4. The van der Waals surface area contributed by atoms with E-state index in [-0.39, 0.29) is 5.56 Å². The first-order valence-corrected chi connectivity index (χ1v) is 7.40. The van der Waals surface area contributed by atoms with Gasteiger partial charge in [0.2, 0.25) is 0 Å². The van der Waals surface area contributed by atoms with E-state index < -0.39 is 5.97 Å². The molecule has 0 radical (unpaired) electrons. The molecule has 0 aliphatic carbocycles. The lowest BCUT2D eigenvalue weighted by atomic mass is 10.2. The molecule has 1 heterocycles. The number of anilines is 1. The second kappa shape index (κ2) is 6.16. The van der Waals surface area contributed by atoms with Crippen molar-refractivity contribution in [3.05, 3.63) is 44.3 Å². The van der Waals surface area contributed by atoms with Crippen LogP contribution in [0.2, 0.25) is 0 Å². The molecule has 0 aliphatic heterocycles. The number of nitrogens with zero attached hydrogens (tertiary/aromatic N) is 1. The van der Waals surface area contributed by atoms with Crippen molar-refractivity contribution in [2.24, 2.45) is 0 Å². The molecule has 1 aromatic heterocycles. The average Bonchev–Trinajstić information content (AvgIpc) is 2.83. The molecule has 2 N–H and O–H groups in total. The highest BCUT2D eigenvalue weighted by Gasteiger charge is 2.06. The van der Waals surface area contributed by atoms with Gasteiger partial charge in [-0.3, -0.25) is 0 Å². The number of thiazole rings is 1. The van der Waals surface area contributed by atoms with Crippen molar-refractivity contribution < 1.29 is 9.90 Å². The Hall–Kier alpha value is -1.40. The quantitative estimate of drug-likeness (QED) is 0.869. The number of carboxylic acid groups (broad SMARTS) is 1. The molecule has 0 saturated carbocycles. The molecule has 6 heteroatoms. The molecule has 2 aromatic rings. The third-order valence-electron chi connectivity index (χ3n) is 2.54. The number of carbonyl (C=O) groups is 1. The van der Waals surface area contributed by atoms with Gasteiger partial charge in [0.25, 0.3) is 0 Å². The fraction of sp³-hybridized carbons (Fsp3) is 0.231. The van der Waals surface area contributed by atoms with Crippen molar-refractivity contribution in [2.45, 2.75) is 19.9 Å². The summed E-state index contributed by atoms with van der Waals surface area (Å²) < 4.78 is 0.739. The molecule has 2 rings (SSSR count). The molecule has 0 amide bonds. The summed E-state index contributed by atoms with van der Waals surface area (Å²) in [6.45, 7) is 2.69. The minimum atomic E-state index is -0.938. The number of nitrogens with one attached hydrogen (secondary N) is 1. The predicted octanol–water partition coefficient (Wildman–Crippen LogP) is 3.78. The highest BCUT2D eigenvalue weighted by Crippen LogP contribution is 2.21. The Kier molecular flexibility index (Phi) is 4.55. The third kappa shape index (κ3) is 3.78. The predicted molar refractivity (Wildman–Crippen MR) is 79.9 cm³/mol. The van der Waals surface area contributed by atoms with E-state index >= 15 is 0 Å². The minimum absolute atomic E-state index is 0.255. The van der Waals surface area contributed by atoms with E-state index in [1.165, 1.54) is 4.88 Å². The summed E-state index contributed by atoms with van der Waals surface area (Å²) in [6.07, 6.45) is 2.86. The van der Waals surface area contributed by atoms with Gasteiger partial charge in [-0.05, 0) is 24.6 Å². The van der Waals surface area contributed by atoms with Crippen molar-refractivity contribution >= 4 is 38.9 Å². The van der Waals surface area contributed by atoms with Gasteiger partial charge in [0.1, 0.15) is 5.01 Å². The number of aromatic carboxylic acids is 1. The third-order valence-corrected chi connectivity index (χ3v) is 4.14. The maximum atomic E-state index is 11.0. The zero-order chi connectivity index (χ0) is 13.8. The van der Waals surface area contributed by atoms with Crippen LogP contribution in [0.25, 0.3) is 0 Å². The summed E-state index contributed by atoms with van der Waals surface area (Å²) in [6, 6.07) is 5.04. The first-order valence-electron chi connectivity index (χ1n) is 5.80. The fourth-order valence-corrected chi connectivity index (χ4v) is 2.88. The summed E-state index contributed by atoms with van der Waals surface area (Å²) in [5.41, 5.74) is 1.02. The van der Waals surface area contributed by atoms with E-state index in [0.717, 1.165) is 21.6 Å². The Morgan fingerprint density at radius 3 is 2.89 bits per heavy atom. The number of aromatic nitrogens is 1. The van der Waals surface area contributed by atoms with Crippen LogP contribution in [0, 0.1) is 0 Å². The van der Waals surface area contributed by atoms with Crippen LogP contribution in [0.3, 0.4) is 0 Å². The van der Waals surface area contributed by atoms with Gasteiger partial charge in [-0.1, -0.05) is 22.9 Å². The van der Waals surface area contributed by atoms with Gasteiger partial charge in [0.15, 0.2) is 0 Å². The molecular formula is C13H13BrN2O2S. The fourth-order valence-electron chi connectivity index (χ4n) is 1.59. The van der Waals surface area contributed by atoms with Crippen molar-refractivity contribution in [1.29, 1.82) is 0 Å². The lowest BCUT2D eigenvalue weighted by molar-refractivity contribution is 0.0697. The molecule has 19 heavy (non-hydrogen) atoms. The van der Waals surface area contributed by atoms with Crippen LogP contribution in [0.15, 0.2) is 28.9 Å². The Labute approximate surface area is 123 Å². The maximum Gasteiger partial charge on any atom is 0.335 e. The molecule has 0 unspecified atom stereocenters. The van der Waals surface area contributed by atoms with E-state index in [1.807, 2.05) is 12.3 Å². The minimum Gasteiger partial charge on any atom is -0.478 e. The summed E-state index contributed by atoms with van der Waals surface area (Å²) in [5, 5.41) is 13.2. The second-order valence-corrected chi connectivity index (χ2v) is 6.08. The van der Waals surface area contributed by atoms with Crippen molar-refractivity contribution in [1.82, 2.24) is 4.98 Å². The number of benzene rings is 1. The van der Waals surface area contributed by atoms with Gasteiger partial charge in [0.05, 0.1) is 12.1 Å². The zero-order valence-corrected chi connectivity index (χ0v) is 12.7. The molecule has 0 spiro atoms. The van der Waals surface area contributed by atoms with Crippen LogP contribution in [0.4, 0.5) is 5.69 Å². The van der Waals surface area contributed by atoms with E-state index in [1.54, 1.807) is 23.5 Å². The van der Waals surface area contributed by atoms with Crippen LogP contribution in [0.1, 0.15) is 27.2 Å². The molecule has 4 nitrogen and oxygen atoms in total. The molecular weight excluding hydrogens is 328 g/mol. The van der Waals surface area contributed by atoms with Crippen molar-refractivity contribution in [3.8, 4) is 0 Å². The first kappa shape index (κ1) is 14.0. The van der Waals surface area contributed by atoms with Gasteiger partial charge in [-0.15, -0.1) is 11.3 Å². The topological polar surface area (TPSA) is 62.2 Å². The molecule has 0 atom stereocenters. The van der Waals surface area contributed by atoms with E-state index in [4.69, 9.17) is 5.11 Å². The van der Waals surface area contributed by atoms with Crippen molar-refractivity contribution in [3.63, 3.8) is 0 Å². The van der Waals surface area contributed by atoms with Crippen LogP contribution in [-0.2, 0) is 13.0 Å². The number of halogens is 1. The maximum absolute atomic E-state index is 11.0. The SMILES string of the molecule is CCc1cnc(CNc2cc(Br)cc(C(=O)O)c2)s1. The largest absolute Gasteiger partial charge is 0.478 e. The number of rotatable bonds is 5.